The van der Waals surface area contributed by atoms with Crippen LogP contribution in [0.3, 0.4) is 0 Å². The zero-order chi connectivity index (χ0) is 27.0. The Kier molecular flexibility index (Phi) is 8.79. The number of carbonyl (C=O) groups is 2. The molecular formula is C29H52N2O4. The Labute approximate surface area is 214 Å². The molecule has 202 valence electrons. The van der Waals surface area contributed by atoms with E-state index < -0.39 is 11.4 Å². The van der Waals surface area contributed by atoms with Crippen molar-refractivity contribution in [3.8, 4) is 0 Å². The van der Waals surface area contributed by atoms with Crippen LogP contribution in [0, 0.1) is 5.41 Å². The Bertz CT molecular complexity index is 773. The molecular weight excluding hydrogens is 440 g/mol. The molecule has 0 aromatic rings. The maximum atomic E-state index is 12.7. The number of nitrogens with zero attached hydrogens (tertiary/aromatic N) is 2. The molecule has 0 unspecified atom stereocenters. The number of hydrogen-bond acceptors (Lipinski definition) is 6. The lowest BCUT2D eigenvalue weighted by Gasteiger charge is -2.55. The van der Waals surface area contributed by atoms with Crippen molar-refractivity contribution in [2.75, 3.05) is 20.2 Å². The summed E-state index contributed by atoms with van der Waals surface area (Å²) >= 11 is 0. The molecule has 2 rings (SSSR count). The molecule has 0 atom stereocenters. The first-order valence-electron chi connectivity index (χ1n) is 13.2. The SMILES string of the molecule is COC1CC(C)(C)N(CC=CCN2C(C)(C)CC(OC(=O)C(C)(C)C(C)=O)CC2(C)C)C(C)(C)C1. The van der Waals surface area contributed by atoms with Crippen LogP contribution in [-0.2, 0) is 19.1 Å². The molecule has 2 fully saturated rings. The summed E-state index contributed by atoms with van der Waals surface area (Å²) in [6, 6.07) is 0. The third-order valence-corrected chi connectivity index (χ3v) is 8.57. The summed E-state index contributed by atoms with van der Waals surface area (Å²) < 4.78 is 11.6. The number of Topliss-reactive ketones (excluding diaryl/α,β-unsaturated/α-hetero) is 1. The number of methoxy groups -OCH3 is 1. The summed E-state index contributed by atoms with van der Waals surface area (Å²) in [5, 5.41) is 0. The largest absolute Gasteiger partial charge is 0.461 e. The minimum atomic E-state index is -1.10. The highest BCUT2D eigenvalue weighted by Crippen LogP contribution is 2.41. The predicted octanol–water partition coefficient (Wildman–Crippen LogP) is 5.39. The van der Waals surface area contributed by atoms with E-state index in [0.717, 1.165) is 38.8 Å². The minimum Gasteiger partial charge on any atom is -0.461 e. The van der Waals surface area contributed by atoms with Gasteiger partial charge in [0.05, 0.1) is 6.10 Å². The second kappa shape index (κ2) is 10.3. The first-order valence-corrected chi connectivity index (χ1v) is 13.2. The molecule has 6 heteroatoms. The Morgan fingerprint density at radius 1 is 0.771 bits per heavy atom. The summed E-state index contributed by atoms with van der Waals surface area (Å²) in [7, 11) is 1.82. The summed E-state index contributed by atoms with van der Waals surface area (Å²) in [5.74, 6) is -0.584. The van der Waals surface area contributed by atoms with E-state index in [-0.39, 0.29) is 34.0 Å². The maximum Gasteiger partial charge on any atom is 0.319 e. The number of likely N-dealkylation sites (tertiary alicyclic amines) is 2. The fourth-order valence-corrected chi connectivity index (χ4v) is 6.49. The van der Waals surface area contributed by atoms with Crippen LogP contribution in [0.1, 0.15) is 102 Å². The van der Waals surface area contributed by atoms with E-state index in [9.17, 15) is 9.59 Å². The van der Waals surface area contributed by atoms with Gasteiger partial charge < -0.3 is 9.47 Å². The quantitative estimate of drug-likeness (QED) is 0.257. The molecule has 2 aliphatic heterocycles. The number of carbonyl (C=O) groups excluding carboxylic acids is 2. The van der Waals surface area contributed by atoms with Crippen molar-refractivity contribution >= 4 is 11.8 Å². The van der Waals surface area contributed by atoms with Crippen molar-refractivity contribution in [2.45, 2.75) is 136 Å². The summed E-state index contributed by atoms with van der Waals surface area (Å²) in [6.07, 6.45) is 8.27. The summed E-state index contributed by atoms with van der Waals surface area (Å²) in [5.41, 5.74) is -1.25. The van der Waals surface area contributed by atoms with Gasteiger partial charge in [-0.3, -0.25) is 19.4 Å². The minimum absolute atomic E-state index is 0.0706. The van der Waals surface area contributed by atoms with Gasteiger partial charge in [0.1, 0.15) is 17.3 Å². The standard InChI is InChI=1S/C29H52N2O4/c1-21(32)29(10,11)24(33)35-23-19-27(6,7)31(28(8,9)20-23)16-14-13-15-30-25(2,3)17-22(34-12)18-26(30,4)5/h13-14,22-23H,15-20H2,1-12H3. The van der Waals surface area contributed by atoms with Crippen molar-refractivity contribution in [2.24, 2.45) is 5.41 Å². The molecule has 0 radical (unpaired) electrons. The van der Waals surface area contributed by atoms with E-state index >= 15 is 0 Å². The second-order valence-electron chi connectivity index (χ2n) is 13.8. The van der Waals surface area contributed by atoms with Crippen LogP contribution in [-0.4, -0.2) is 76.1 Å². The molecule has 0 bridgehead atoms. The Morgan fingerprint density at radius 2 is 1.11 bits per heavy atom. The van der Waals surface area contributed by atoms with Gasteiger partial charge in [0.2, 0.25) is 0 Å². The van der Waals surface area contributed by atoms with E-state index in [1.807, 2.05) is 7.11 Å². The lowest BCUT2D eigenvalue weighted by Crippen LogP contribution is -2.62. The summed E-state index contributed by atoms with van der Waals surface area (Å²) in [6.45, 7) is 24.7. The third-order valence-electron chi connectivity index (χ3n) is 8.57. The molecule has 0 saturated carbocycles. The monoisotopic (exact) mass is 492 g/mol. The molecule has 0 spiro atoms. The highest BCUT2D eigenvalue weighted by Gasteiger charge is 2.48. The Morgan fingerprint density at radius 3 is 1.43 bits per heavy atom. The van der Waals surface area contributed by atoms with Crippen LogP contribution in [0.4, 0.5) is 0 Å². The first kappa shape index (κ1) is 30.0. The van der Waals surface area contributed by atoms with Gasteiger partial charge >= 0.3 is 5.97 Å². The van der Waals surface area contributed by atoms with Crippen LogP contribution in [0.15, 0.2) is 12.2 Å². The van der Waals surface area contributed by atoms with E-state index in [4.69, 9.17) is 9.47 Å². The van der Waals surface area contributed by atoms with E-state index in [2.05, 4.69) is 77.3 Å². The van der Waals surface area contributed by atoms with Crippen molar-refractivity contribution in [1.82, 2.24) is 9.80 Å². The molecule has 2 aliphatic rings. The normalized spacial score (nSPS) is 25.6. The van der Waals surface area contributed by atoms with Crippen LogP contribution in [0.25, 0.3) is 0 Å². The highest BCUT2D eigenvalue weighted by atomic mass is 16.5. The van der Waals surface area contributed by atoms with E-state index in [1.165, 1.54) is 6.92 Å². The van der Waals surface area contributed by atoms with Crippen LogP contribution in [0.2, 0.25) is 0 Å². The fraction of sp³-hybridized carbons (Fsp3) is 0.862. The molecule has 2 heterocycles. The van der Waals surface area contributed by atoms with Crippen LogP contribution >= 0.6 is 0 Å². The number of piperidine rings is 2. The van der Waals surface area contributed by atoms with E-state index in [1.54, 1.807) is 13.8 Å². The third kappa shape index (κ3) is 6.75. The molecule has 35 heavy (non-hydrogen) atoms. The maximum absolute atomic E-state index is 12.7. The molecule has 0 aliphatic carbocycles. The van der Waals surface area contributed by atoms with Crippen molar-refractivity contribution in [3.05, 3.63) is 12.2 Å². The Hall–Kier alpha value is -1.24. The zero-order valence-electron chi connectivity index (χ0n) is 24.6. The van der Waals surface area contributed by atoms with Crippen molar-refractivity contribution in [3.63, 3.8) is 0 Å². The van der Waals surface area contributed by atoms with Crippen LogP contribution in [0.5, 0.6) is 0 Å². The lowest BCUT2D eigenvalue weighted by molar-refractivity contribution is -0.171. The van der Waals surface area contributed by atoms with Gasteiger partial charge in [0.15, 0.2) is 0 Å². The second-order valence-corrected chi connectivity index (χ2v) is 13.8. The first-order chi connectivity index (χ1) is 15.8. The van der Waals surface area contributed by atoms with Crippen LogP contribution < -0.4 is 0 Å². The molecule has 0 N–H and O–H groups in total. The number of ether oxygens (including phenoxy) is 2. The predicted molar refractivity (Wildman–Crippen MR) is 142 cm³/mol. The topological polar surface area (TPSA) is 59.1 Å². The smallest absolute Gasteiger partial charge is 0.319 e. The molecule has 0 aromatic heterocycles. The molecule has 0 aromatic carbocycles. The van der Waals surface area contributed by atoms with Gasteiger partial charge in [-0.2, -0.15) is 0 Å². The van der Waals surface area contributed by atoms with Gasteiger partial charge in [-0.15, -0.1) is 0 Å². The lowest BCUT2D eigenvalue weighted by atomic mass is 9.77. The number of hydrogen-bond donors (Lipinski definition) is 0. The van der Waals surface area contributed by atoms with Crippen molar-refractivity contribution in [1.29, 1.82) is 0 Å². The van der Waals surface area contributed by atoms with Gasteiger partial charge in [-0.05, 0) is 89.0 Å². The molecule has 2 saturated heterocycles. The van der Waals surface area contributed by atoms with Gasteiger partial charge in [0, 0.05) is 55.2 Å². The zero-order valence-corrected chi connectivity index (χ0v) is 24.6. The molecule has 6 nitrogen and oxygen atoms in total. The number of ketones is 1. The number of esters is 1. The Balaban J connectivity index is 2.06. The number of rotatable bonds is 8. The highest BCUT2D eigenvalue weighted by molar-refractivity contribution is 6.01. The van der Waals surface area contributed by atoms with E-state index in [0.29, 0.717) is 6.10 Å². The average Bonchev–Trinajstić information content (AvgIpc) is 2.66. The van der Waals surface area contributed by atoms with Gasteiger partial charge in [0.25, 0.3) is 0 Å². The summed E-state index contributed by atoms with van der Waals surface area (Å²) in [4.78, 5) is 29.7. The van der Waals surface area contributed by atoms with Gasteiger partial charge in [-0.1, -0.05) is 12.2 Å². The fourth-order valence-electron chi connectivity index (χ4n) is 6.49. The average molecular weight is 493 g/mol. The van der Waals surface area contributed by atoms with Gasteiger partial charge in [-0.25, -0.2) is 0 Å². The van der Waals surface area contributed by atoms with Crippen molar-refractivity contribution < 1.29 is 19.1 Å². The molecule has 0 amide bonds.